The monoisotopic (exact) mass is 236 g/mol. The number of nitrogen functional groups attached to an aromatic ring is 1. The SMILES string of the molecule is COC(=O)c1ccc(N)c(N[C@H]2CCOC2)c1. The Morgan fingerprint density at radius 3 is 3.06 bits per heavy atom. The van der Waals surface area contributed by atoms with Crippen LogP contribution in [0.5, 0.6) is 0 Å². The predicted octanol–water partition coefficient (Wildman–Crippen LogP) is 1.26. The maximum atomic E-state index is 11.4. The number of carbonyl (C=O) groups is 1. The van der Waals surface area contributed by atoms with Crippen molar-refractivity contribution in [2.75, 3.05) is 31.4 Å². The summed E-state index contributed by atoms with van der Waals surface area (Å²) in [6.07, 6.45) is 0.946. The van der Waals surface area contributed by atoms with Gasteiger partial charge in [-0.15, -0.1) is 0 Å². The van der Waals surface area contributed by atoms with Crippen LogP contribution in [-0.4, -0.2) is 32.3 Å². The van der Waals surface area contributed by atoms with Gasteiger partial charge in [0, 0.05) is 6.61 Å². The number of ether oxygens (including phenoxy) is 2. The Hall–Kier alpha value is -1.75. The third kappa shape index (κ3) is 2.68. The van der Waals surface area contributed by atoms with Crippen molar-refractivity contribution in [3.05, 3.63) is 23.8 Å². The number of rotatable bonds is 3. The minimum absolute atomic E-state index is 0.255. The van der Waals surface area contributed by atoms with Crippen LogP contribution in [0, 0.1) is 0 Å². The fraction of sp³-hybridized carbons (Fsp3) is 0.417. The highest BCUT2D eigenvalue weighted by Crippen LogP contribution is 2.23. The first-order valence-electron chi connectivity index (χ1n) is 5.53. The molecule has 0 aromatic heterocycles. The second kappa shape index (κ2) is 5.05. The maximum absolute atomic E-state index is 11.4. The number of hydrogen-bond donors (Lipinski definition) is 2. The van der Waals surface area contributed by atoms with Crippen molar-refractivity contribution in [2.24, 2.45) is 0 Å². The molecule has 0 amide bonds. The number of hydrogen-bond acceptors (Lipinski definition) is 5. The third-order valence-corrected chi connectivity index (χ3v) is 2.76. The highest BCUT2D eigenvalue weighted by Gasteiger charge is 2.17. The van der Waals surface area contributed by atoms with Gasteiger partial charge >= 0.3 is 5.97 Å². The summed E-state index contributed by atoms with van der Waals surface area (Å²) in [5.74, 6) is -0.365. The van der Waals surface area contributed by atoms with Gasteiger partial charge in [0.2, 0.25) is 0 Å². The molecule has 1 aromatic carbocycles. The normalized spacial score (nSPS) is 19.0. The zero-order valence-electron chi connectivity index (χ0n) is 9.73. The van der Waals surface area contributed by atoms with Crippen LogP contribution in [0.4, 0.5) is 11.4 Å². The molecule has 1 atom stereocenters. The van der Waals surface area contributed by atoms with Crippen molar-refractivity contribution >= 4 is 17.3 Å². The molecule has 1 aliphatic heterocycles. The highest BCUT2D eigenvalue weighted by molar-refractivity contribution is 5.92. The molecule has 0 saturated carbocycles. The summed E-state index contributed by atoms with van der Waals surface area (Å²) in [7, 11) is 1.36. The molecule has 2 rings (SSSR count). The first-order chi connectivity index (χ1) is 8.20. The van der Waals surface area contributed by atoms with E-state index >= 15 is 0 Å². The molecule has 1 aromatic rings. The van der Waals surface area contributed by atoms with Gasteiger partial charge in [-0.25, -0.2) is 4.79 Å². The van der Waals surface area contributed by atoms with E-state index in [1.165, 1.54) is 7.11 Å². The fourth-order valence-electron chi connectivity index (χ4n) is 1.79. The van der Waals surface area contributed by atoms with E-state index in [0.717, 1.165) is 18.7 Å². The van der Waals surface area contributed by atoms with Gasteiger partial charge in [0.15, 0.2) is 0 Å². The number of methoxy groups -OCH3 is 1. The second-order valence-corrected chi connectivity index (χ2v) is 4.00. The Labute approximate surface area is 99.9 Å². The molecule has 0 unspecified atom stereocenters. The Balaban J connectivity index is 2.16. The fourth-order valence-corrected chi connectivity index (χ4v) is 1.79. The van der Waals surface area contributed by atoms with Crippen molar-refractivity contribution < 1.29 is 14.3 Å². The largest absolute Gasteiger partial charge is 0.465 e. The second-order valence-electron chi connectivity index (χ2n) is 4.00. The van der Waals surface area contributed by atoms with Gasteiger partial charge in [0.1, 0.15) is 0 Å². The van der Waals surface area contributed by atoms with Crippen LogP contribution in [0.2, 0.25) is 0 Å². The summed E-state index contributed by atoms with van der Waals surface area (Å²) in [6.45, 7) is 1.43. The Bertz CT molecular complexity index is 414. The van der Waals surface area contributed by atoms with E-state index in [4.69, 9.17) is 10.5 Å². The van der Waals surface area contributed by atoms with E-state index in [2.05, 4.69) is 10.1 Å². The van der Waals surface area contributed by atoms with Gasteiger partial charge in [0.25, 0.3) is 0 Å². The summed E-state index contributed by atoms with van der Waals surface area (Å²) in [6, 6.07) is 5.31. The minimum Gasteiger partial charge on any atom is -0.465 e. The van der Waals surface area contributed by atoms with E-state index in [9.17, 15) is 4.79 Å². The van der Waals surface area contributed by atoms with E-state index in [-0.39, 0.29) is 12.0 Å². The van der Waals surface area contributed by atoms with Gasteiger partial charge in [-0.3, -0.25) is 0 Å². The van der Waals surface area contributed by atoms with Crippen LogP contribution < -0.4 is 11.1 Å². The molecule has 92 valence electrons. The molecule has 1 saturated heterocycles. The maximum Gasteiger partial charge on any atom is 0.337 e. The molecule has 3 N–H and O–H groups in total. The van der Waals surface area contributed by atoms with Crippen molar-refractivity contribution in [1.82, 2.24) is 0 Å². The molecule has 1 heterocycles. The molecule has 0 spiro atoms. The van der Waals surface area contributed by atoms with Crippen LogP contribution >= 0.6 is 0 Å². The van der Waals surface area contributed by atoms with Gasteiger partial charge in [-0.2, -0.15) is 0 Å². The van der Waals surface area contributed by atoms with Crippen LogP contribution in [0.3, 0.4) is 0 Å². The zero-order chi connectivity index (χ0) is 12.3. The van der Waals surface area contributed by atoms with E-state index in [1.54, 1.807) is 18.2 Å². The number of nitrogens with two attached hydrogens (primary N) is 1. The lowest BCUT2D eigenvalue weighted by Crippen LogP contribution is -2.20. The third-order valence-electron chi connectivity index (χ3n) is 2.76. The smallest absolute Gasteiger partial charge is 0.337 e. The average molecular weight is 236 g/mol. The molecule has 0 aliphatic carbocycles. The molecular formula is C12H16N2O3. The summed E-state index contributed by atoms with van der Waals surface area (Å²) < 4.78 is 9.94. The number of carbonyl (C=O) groups excluding carboxylic acids is 1. The molecule has 5 nitrogen and oxygen atoms in total. The standard InChI is InChI=1S/C12H16N2O3/c1-16-12(15)8-2-3-10(13)11(6-8)14-9-4-5-17-7-9/h2-3,6,9,14H,4-5,7,13H2,1H3/t9-/m0/s1. The Kier molecular flexibility index (Phi) is 3.49. The molecule has 1 fully saturated rings. The Morgan fingerprint density at radius 2 is 2.41 bits per heavy atom. The van der Waals surface area contributed by atoms with E-state index in [1.807, 2.05) is 0 Å². The van der Waals surface area contributed by atoms with Crippen LogP contribution in [0.15, 0.2) is 18.2 Å². The molecule has 0 radical (unpaired) electrons. The lowest BCUT2D eigenvalue weighted by Gasteiger charge is -2.15. The van der Waals surface area contributed by atoms with Crippen molar-refractivity contribution in [3.63, 3.8) is 0 Å². The molecule has 17 heavy (non-hydrogen) atoms. The molecule has 0 bridgehead atoms. The average Bonchev–Trinajstić information content (AvgIpc) is 2.84. The molecule has 5 heteroatoms. The summed E-state index contributed by atoms with van der Waals surface area (Å²) in [5, 5.41) is 3.27. The number of benzene rings is 1. The summed E-state index contributed by atoms with van der Waals surface area (Å²) in [5.41, 5.74) is 7.71. The summed E-state index contributed by atoms with van der Waals surface area (Å²) >= 11 is 0. The highest BCUT2D eigenvalue weighted by atomic mass is 16.5. The van der Waals surface area contributed by atoms with Gasteiger partial charge in [0.05, 0.1) is 36.7 Å². The quantitative estimate of drug-likeness (QED) is 0.610. The zero-order valence-corrected chi connectivity index (χ0v) is 9.73. The molecule has 1 aliphatic rings. The van der Waals surface area contributed by atoms with Crippen molar-refractivity contribution in [1.29, 1.82) is 0 Å². The first kappa shape index (κ1) is 11.7. The van der Waals surface area contributed by atoms with Crippen molar-refractivity contribution in [2.45, 2.75) is 12.5 Å². The van der Waals surface area contributed by atoms with Crippen molar-refractivity contribution in [3.8, 4) is 0 Å². The van der Waals surface area contributed by atoms with Gasteiger partial charge < -0.3 is 20.5 Å². The topological polar surface area (TPSA) is 73.6 Å². The van der Waals surface area contributed by atoms with Gasteiger partial charge in [-0.05, 0) is 24.6 Å². The lowest BCUT2D eigenvalue weighted by atomic mass is 10.1. The molecular weight excluding hydrogens is 220 g/mol. The van der Waals surface area contributed by atoms with Crippen LogP contribution in [0.25, 0.3) is 0 Å². The summed E-state index contributed by atoms with van der Waals surface area (Å²) in [4.78, 5) is 11.4. The number of anilines is 2. The van der Waals surface area contributed by atoms with E-state index in [0.29, 0.717) is 17.9 Å². The van der Waals surface area contributed by atoms with E-state index < -0.39 is 0 Å². The van der Waals surface area contributed by atoms with Crippen LogP contribution in [-0.2, 0) is 9.47 Å². The Morgan fingerprint density at radius 1 is 1.59 bits per heavy atom. The lowest BCUT2D eigenvalue weighted by molar-refractivity contribution is 0.0601. The van der Waals surface area contributed by atoms with Gasteiger partial charge in [-0.1, -0.05) is 0 Å². The number of esters is 1. The first-order valence-corrected chi connectivity index (χ1v) is 5.53. The minimum atomic E-state index is -0.365. The number of nitrogens with one attached hydrogen (secondary N) is 1. The predicted molar refractivity (Wildman–Crippen MR) is 65.0 cm³/mol. The van der Waals surface area contributed by atoms with Crippen LogP contribution in [0.1, 0.15) is 16.8 Å².